The zero-order chi connectivity index (χ0) is 9.56. The molecule has 0 fully saturated rings. The topological polar surface area (TPSA) is 83.2 Å². The molecule has 0 aromatic rings. The maximum absolute atomic E-state index is 10.5. The van der Waals surface area contributed by atoms with Crippen molar-refractivity contribution in [3.05, 3.63) is 17.1 Å². The first kappa shape index (κ1) is 16.1. The molecule has 13 heavy (non-hydrogen) atoms. The van der Waals surface area contributed by atoms with Gasteiger partial charge in [-0.25, -0.2) is 0 Å². The number of nitrogens with zero attached hydrogens (tertiary/aromatic N) is 1. The molecule has 0 saturated carbocycles. The summed E-state index contributed by atoms with van der Waals surface area (Å²) in [7, 11) is 1.63. The van der Waals surface area contributed by atoms with E-state index in [1.165, 1.54) is 6.08 Å². The van der Waals surface area contributed by atoms with E-state index in [-0.39, 0.29) is 57.4 Å². The Morgan fingerprint density at radius 1 is 1.62 bits per heavy atom. The Balaban J connectivity index is 0. The quantitative estimate of drug-likeness (QED) is 0.387. The number of primary amides is 1. The predicted octanol–water partition coefficient (Wildman–Crippen LogP) is -2.51. The first-order valence-corrected chi connectivity index (χ1v) is 3.91. The van der Waals surface area contributed by atoms with Crippen LogP contribution >= 0.6 is 0 Å². The Morgan fingerprint density at radius 2 is 2.15 bits per heavy atom. The van der Waals surface area contributed by atoms with Crippen LogP contribution in [0.3, 0.4) is 0 Å². The van der Waals surface area contributed by atoms with Gasteiger partial charge in [0.2, 0.25) is 5.91 Å². The fraction of sp³-hybridized carbons (Fsp3) is 0.625. The van der Waals surface area contributed by atoms with Crippen molar-refractivity contribution in [2.75, 3.05) is 7.05 Å². The van der Waals surface area contributed by atoms with E-state index in [0.29, 0.717) is 12.1 Å². The van der Waals surface area contributed by atoms with Gasteiger partial charge in [0.1, 0.15) is 0 Å². The molecule has 1 atom stereocenters. The van der Waals surface area contributed by atoms with Gasteiger partial charge in [0, 0.05) is 6.04 Å². The summed E-state index contributed by atoms with van der Waals surface area (Å²) in [5.74, 6) is -0.458. The molecular weight excluding hydrogens is 193 g/mol. The molecule has 0 aromatic heterocycles. The summed E-state index contributed by atoms with van der Waals surface area (Å²) in [4.78, 5) is 10.5. The van der Waals surface area contributed by atoms with Crippen LogP contribution in [0.25, 0.3) is 5.32 Å². The van der Waals surface area contributed by atoms with Crippen LogP contribution in [-0.4, -0.2) is 19.0 Å². The number of allylic oxidation sites excluding steroid dienone is 1. The maximum atomic E-state index is 10.5. The van der Waals surface area contributed by atoms with Gasteiger partial charge >= 0.3 is 51.4 Å². The molecule has 5 heteroatoms. The zero-order valence-corrected chi connectivity index (χ0v) is 11.7. The average molecular weight is 209 g/mol. The molecule has 0 heterocycles. The number of hydrogen-bond donors (Lipinski definition) is 2. The summed E-state index contributed by atoms with van der Waals surface area (Å²) in [6.45, 7) is 1.91. The third kappa shape index (κ3) is 10.5. The van der Waals surface area contributed by atoms with E-state index in [4.69, 9.17) is 11.5 Å². The van der Waals surface area contributed by atoms with Crippen LogP contribution in [0.5, 0.6) is 0 Å². The number of carbonyl (C=O) groups is 1. The summed E-state index contributed by atoms with van der Waals surface area (Å²) in [6.07, 6.45) is 2.86. The second kappa shape index (κ2) is 9.17. The summed E-state index contributed by atoms with van der Waals surface area (Å²) >= 11 is 0. The standard InChI is InChI=1S/C8H17N3O.K/c1-6(9)3-4-7(11-2)5-8(10)12;/h5-6H,3-4,9H2,1-2H3,(H3,10,11,12);/q;+1/p-1. The van der Waals surface area contributed by atoms with Crippen LogP contribution in [0.15, 0.2) is 11.8 Å². The average Bonchev–Trinajstić information content (AvgIpc) is 1.97. The van der Waals surface area contributed by atoms with E-state index in [1.54, 1.807) is 7.05 Å². The van der Waals surface area contributed by atoms with Crippen LogP contribution in [0.1, 0.15) is 19.8 Å². The summed E-state index contributed by atoms with van der Waals surface area (Å²) < 4.78 is 0. The summed E-state index contributed by atoms with van der Waals surface area (Å²) in [6, 6.07) is 0.128. The van der Waals surface area contributed by atoms with Gasteiger partial charge in [-0.05, 0) is 25.8 Å². The molecule has 0 spiro atoms. The van der Waals surface area contributed by atoms with Gasteiger partial charge in [-0.15, -0.1) is 7.05 Å². The number of carbonyl (C=O) groups excluding carboxylic acids is 1. The maximum Gasteiger partial charge on any atom is 1.00 e. The van der Waals surface area contributed by atoms with Gasteiger partial charge in [-0.1, -0.05) is 0 Å². The van der Waals surface area contributed by atoms with Crippen molar-refractivity contribution < 1.29 is 56.2 Å². The number of hydrogen-bond acceptors (Lipinski definition) is 2. The second-order valence-corrected chi connectivity index (χ2v) is 2.78. The molecule has 0 saturated heterocycles. The molecule has 4 nitrogen and oxygen atoms in total. The largest absolute Gasteiger partial charge is 1.00 e. The van der Waals surface area contributed by atoms with Crippen molar-refractivity contribution in [2.24, 2.45) is 11.5 Å². The van der Waals surface area contributed by atoms with Gasteiger partial charge < -0.3 is 16.8 Å². The van der Waals surface area contributed by atoms with Gasteiger partial charge in [-0.3, -0.25) is 4.79 Å². The molecule has 0 aliphatic heterocycles. The van der Waals surface area contributed by atoms with Crippen LogP contribution in [0.4, 0.5) is 0 Å². The molecule has 0 radical (unpaired) electrons. The van der Waals surface area contributed by atoms with Crippen LogP contribution in [-0.2, 0) is 4.79 Å². The minimum absolute atomic E-state index is 0. The Labute approximate surface area is 122 Å². The summed E-state index contributed by atoms with van der Waals surface area (Å²) in [5, 5.41) is 3.90. The molecule has 70 valence electrons. The van der Waals surface area contributed by atoms with E-state index in [9.17, 15) is 4.79 Å². The van der Waals surface area contributed by atoms with Crippen LogP contribution in [0.2, 0.25) is 0 Å². The van der Waals surface area contributed by atoms with Crippen molar-refractivity contribution in [3.8, 4) is 0 Å². The molecule has 0 rings (SSSR count). The fourth-order valence-electron chi connectivity index (χ4n) is 0.788. The van der Waals surface area contributed by atoms with E-state index in [1.807, 2.05) is 6.92 Å². The van der Waals surface area contributed by atoms with E-state index in [0.717, 1.165) is 6.42 Å². The van der Waals surface area contributed by atoms with Crippen molar-refractivity contribution in [2.45, 2.75) is 25.8 Å². The fourth-order valence-corrected chi connectivity index (χ4v) is 0.788. The van der Waals surface area contributed by atoms with Crippen molar-refractivity contribution in [1.82, 2.24) is 0 Å². The molecule has 1 unspecified atom stereocenters. The Kier molecular flexibility index (Phi) is 11.3. The predicted molar refractivity (Wildman–Crippen MR) is 49.4 cm³/mol. The first-order valence-electron chi connectivity index (χ1n) is 3.91. The normalized spacial score (nSPS) is 13.0. The van der Waals surface area contributed by atoms with Gasteiger partial charge in [0.15, 0.2) is 0 Å². The Morgan fingerprint density at radius 3 is 2.46 bits per heavy atom. The van der Waals surface area contributed by atoms with Crippen molar-refractivity contribution in [1.29, 1.82) is 0 Å². The molecule has 0 aliphatic rings. The second-order valence-electron chi connectivity index (χ2n) is 2.78. The number of nitrogens with two attached hydrogens (primary N) is 2. The number of rotatable bonds is 5. The van der Waals surface area contributed by atoms with Crippen LogP contribution in [0, 0.1) is 0 Å². The van der Waals surface area contributed by atoms with Crippen LogP contribution < -0.4 is 62.9 Å². The zero-order valence-electron chi connectivity index (χ0n) is 8.58. The molecule has 0 bridgehead atoms. The van der Waals surface area contributed by atoms with Gasteiger partial charge in [0.05, 0.1) is 0 Å². The van der Waals surface area contributed by atoms with E-state index >= 15 is 0 Å². The summed E-state index contributed by atoms with van der Waals surface area (Å²) in [5.41, 5.74) is 11.2. The molecule has 0 aromatic carbocycles. The van der Waals surface area contributed by atoms with Gasteiger partial charge in [-0.2, -0.15) is 5.70 Å². The Hall–Kier alpha value is 0.606. The molecular formula is C8H16KN3O. The SMILES string of the molecule is C[N-]/C(=C\C(N)=O)CCC(C)N.[K+]. The number of amides is 1. The molecule has 0 aliphatic carbocycles. The molecule has 4 N–H and O–H groups in total. The smallest absolute Gasteiger partial charge is 0.690 e. The third-order valence-electron chi connectivity index (χ3n) is 1.45. The molecule has 1 amide bonds. The van der Waals surface area contributed by atoms with Crippen molar-refractivity contribution >= 4 is 5.91 Å². The van der Waals surface area contributed by atoms with E-state index in [2.05, 4.69) is 5.32 Å². The minimum Gasteiger partial charge on any atom is -0.690 e. The monoisotopic (exact) mass is 209 g/mol. The van der Waals surface area contributed by atoms with Gasteiger partial charge in [0.25, 0.3) is 0 Å². The Bertz CT molecular complexity index is 180. The van der Waals surface area contributed by atoms with Crippen molar-refractivity contribution in [3.63, 3.8) is 0 Å². The van der Waals surface area contributed by atoms with E-state index < -0.39 is 5.91 Å². The minimum atomic E-state index is -0.458. The first-order chi connectivity index (χ1) is 5.56. The third-order valence-corrected chi connectivity index (χ3v) is 1.45.